The molecule has 3 heterocycles. The highest BCUT2D eigenvalue weighted by Crippen LogP contribution is 2.36. The van der Waals surface area contributed by atoms with Gasteiger partial charge in [-0.2, -0.15) is 0 Å². The van der Waals surface area contributed by atoms with Crippen LogP contribution in [0.1, 0.15) is 48.5 Å². The first-order chi connectivity index (χ1) is 16.6. The van der Waals surface area contributed by atoms with Crippen LogP contribution >= 0.6 is 0 Å². The number of aryl methyl sites for hydroxylation is 1. The molecule has 1 amide bonds. The number of ether oxygens (including phenoxy) is 2. The molecule has 176 valence electrons. The van der Waals surface area contributed by atoms with Gasteiger partial charge in [0.1, 0.15) is 5.75 Å². The Morgan fingerprint density at radius 3 is 2.74 bits per heavy atom. The molecule has 3 aromatic rings. The van der Waals surface area contributed by atoms with Crippen molar-refractivity contribution in [1.29, 1.82) is 0 Å². The molecular formula is C28H31N3O3. The molecular weight excluding hydrogens is 426 g/mol. The zero-order chi connectivity index (χ0) is 23.5. The van der Waals surface area contributed by atoms with E-state index in [2.05, 4.69) is 17.1 Å². The molecule has 0 aliphatic carbocycles. The third kappa shape index (κ3) is 4.50. The Bertz CT molecular complexity index is 1180. The Morgan fingerprint density at radius 2 is 2.03 bits per heavy atom. The van der Waals surface area contributed by atoms with Crippen molar-refractivity contribution in [2.24, 2.45) is 0 Å². The fourth-order valence-corrected chi connectivity index (χ4v) is 5.08. The van der Waals surface area contributed by atoms with E-state index >= 15 is 0 Å². The number of likely N-dealkylation sites (tertiary alicyclic amines) is 1. The number of methoxy groups -OCH3 is 1. The van der Waals surface area contributed by atoms with Crippen molar-refractivity contribution in [3.63, 3.8) is 0 Å². The van der Waals surface area contributed by atoms with Crippen LogP contribution in [0.3, 0.4) is 0 Å². The highest BCUT2D eigenvalue weighted by Gasteiger charge is 2.37. The minimum absolute atomic E-state index is 0.0451. The number of aromatic nitrogens is 2. The average Bonchev–Trinajstić information content (AvgIpc) is 3.54. The van der Waals surface area contributed by atoms with Gasteiger partial charge in [0, 0.05) is 24.9 Å². The number of imidazole rings is 1. The maximum Gasteiger partial charge on any atom is 0.250 e. The quantitative estimate of drug-likeness (QED) is 0.483. The lowest BCUT2D eigenvalue weighted by Gasteiger charge is -2.38. The third-order valence-corrected chi connectivity index (χ3v) is 6.71. The van der Waals surface area contributed by atoms with Gasteiger partial charge in [-0.25, -0.2) is 4.98 Å². The first-order valence-corrected chi connectivity index (χ1v) is 12.0. The monoisotopic (exact) mass is 457 g/mol. The van der Waals surface area contributed by atoms with Crippen LogP contribution in [0.4, 0.5) is 0 Å². The van der Waals surface area contributed by atoms with Gasteiger partial charge in [0.05, 0.1) is 37.0 Å². The molecule has 2 aromatic carbocycles. The van der Waals surface area contributed by atoms with Crippen LogP contribution in [0.5, 0.6) is 5.75 Å². The molecule has 6 heteroatoms. The molecule has 1 aromatic heterocycles. The average molecular weight is 458 g/mol. The Labute approximate surface area is 200 Å². The number of benzene rings is 2. The second kappa shape index (κ2) is 9.85. The number of nitrogens with zero attached hydrogens (tertiary/aromatic N) is 3. The minimum atomic E-state index is -0.0544. The molecule has 0 spiro atoms. The topological polar surface area (TPSA) is 56.6 Å². The molecule has 2 aliphatic heterocycles. The summed E-state index contributed by atoms with van der Waals surface area (Å²) in [5, 5.41) is 0. The summed E-state index contributed by atoms with van der Waals surface area (Å²) in [6.07, 6.45) is 9.54. The van der Waals surface area contributed by atoms with E-state index < -0.39 is 0 Å². The van der Waals surface area contributed by atoms with Gasteiger partial charge in [0.2, 0.25) is 5.91 Å². The summed E-state index contributed by atoms with van der Waals surface area (Å²) in [5.74, 6) is 0.845. The number of carbonyl (C=O) groups is 1. The van der Waals surface area contributed by atoms with Gasteiger partial charge >= 0.3 is 0 Å². The van der Waals surface area contributed by atoms with Crippen molar-refractivity contribution in [3.05, 3.63) is 83.4 Å². The first kappa shape index (κ1) is 22.4. The number of piperidine rings is 1. The van der Waals surface area contributed by atoms with Gasteiger partial charge < -0.3 is 18.9 Å². The summed E-state index contributed by atoms with van der Waals surface area (Å²) in [7, 11) is 1.67. The van der Waals surface area contributed by atoms with Crippen LogP contribution in [-0.4, -0.2) is 46.7 Å². The van der Waals surface area contributed by atoms with Crippen LogP contribution in [0.25, 0.3) is 11.8 Å². The van der Waals surface area contributed by atoms with Crippen LogP contribution < -0.4 is 4.74 Å². The molecule has 2 aliphatic rings. The summed E-state index contributed by atoms with van der Waals surface area (Å²) in [6, 6.07) is 16.3. The molecule has 0 bridgehead atoms. The van der Waals surface area contributed by atoms with Crippen LogP contribution in [-0.2, 0) is 9.53 Å². The summed E-state index contributed by atoms with van der Waals surface area (Å²) < 4.78 is 13.7. The van der Waals surface area contributed by atoms with Gasteiger partial charge in [-0.15, -0.1) is 0 Å². The highest BCUT2D eigenvalue weighted by atomic mass is 16.5. The van der Waals surface area contributed by atoms with Gasteiger partial charge in [-0.1, -0.05) is 36.4 Å². The SMILES string of the molecule is COc1cc(C=C2CCCN(C(c3ccccc3)C3CCCO3)C2=O)ccc1-n1cnc(C)c1. The van der Waals surface area contributed by atoms with Crippen molar-refractivity contribution < 1.29 is 14.3 Å². The lowest BCUT2D eigenvalue weighted by molar-refractivity contribution is -0.134. The smallest absolute Gasteiger partial charge is 0.250 e. The van der Waals surface area contributed by atoms with Gasteiger partial charge in [0.25, 0.3) is 0 Å². The summed E-state index contributed by atoms with van der Waals surface area (Å²) >= 11 is 0. The second-order valence-corrected chi connectivity index (χ2v) is 9.03. The fraction of sp³-hybridized carbons (Fsp3) is 0.357. The maximum atomic E-state index is 13.7. The summed E-state index contributed by atoms with van der Waals surface area (Å²) in [5.41, 5.74) is 4.80. The standard InChI is InChI=1S/C28H31N3O3/c1-20-18-30(19-29-20)24-13-12-21(17-26(24)33-2)16-23-10-6-14-31(28(23)32)27(25-11-7-15-34-25)22-8-4-3-5-9-22/h3-5,8-9,12-13,16-19,25,27H,6-7,10-11,14-15H2,1-2H3. The van der Waals surface area contributed by atoms with Gasteiger partial charge in [-0.3, -0.25) is 4.79 Å². The highest BCUT2D eigenvalue weighted by molar-refractivity contribution is 5.99. The van der Waals surface area contributed by atoms with Gasteiger partial charge in [-0.05, 0) is 61.9 Å². The first-order valence-electron chi connectivity index (χ1n) is 12.0. The zero-order valence-corrected chi connectivity index (χ0v) is 19.8. The van der Waals surface area contributed by atoms with Crippen molar-refractivity contribution in [3.8, 4) is 11.4 Å². The molecule has 2 atom stereocenters. The molecule has 0 radical (unpaired) electrons. The zero-order valence-electron chi connectivity index (χ0n) is 19.8. The van der Waals surface area contributed by atoms with E-state index in [4.69, 9.17) is 9.47 Å². The lowest BCUT2D eigenvalue weighted by atomic mass is 9.93. The number of hydrogen-bond acceptors (Lipinski definition) is 4. The lowest BCUT2D eigenvalue weighted by Crippen LogP contribution is -2.44. The van der Waals surface area contributed by atoms with Crippen molar-refractivity contribution in [2.45, 2.75) is 44.8 Å². The Kier molecular flexibility index (Phi) is 6.50. The number of carbonyl (C=O) groups excluding carboxylic acids is 1. The predicted octanol–water partition coefficient (Wildman–Crippen LogP) is 5.12. The second-order valence-electron chi connectivity index (χ2n) is 9.03. The number of rotatable bonds is 6. The molecule has 2 fully saturated rings. The third-order valence-electron chi connectivity index (χ3n) is 6.71. The van der Waals surface area contributed by atoms with E-state index in [1.54, 1.807) is 13.4 Å². The van der Waals surface area contributed by atoms with Crippen molar-refractivity contribution in [1.82, 2.24) is 14.5 Å². The van der Waals surface area contributed by atoms with Crippen LogP contribution in [0.2, 0.25) is 0 Å². The fourth-order valence-electron chi connectivity index (χ4n) is 5.08. The molecule has 5 rings (SSSR count). The molecule has 0 N–H and O–H groups in total. The van der Waals surface area contributed by atoms with E-state index in [0.717, 1.165) is 72.7 Å². The summed E-state index contributed by atoms with van der Waals surface area (Å²) in [6.45, 7) is 3.47. The summed E-state index contributed by atoms with van der Waals surface area (Å²) in [4.78, 5) is 20.0. The molecule has 6 nitrogen and oxygen atoms in total. The normalized spacial score (nSPS) is 20.6. The largest absolute Gasteiger partial charge is 0.495 e. The van der Waals surface area contributed by atoms with Crippen LogP contribution in [0.15, 0.2) is 66.6 Å². The van der Waals surface area contributed by atoms with E-state index in [1.165, 1.54) is 0 Å². The molecule has 34 heavy (non-hydrogen) atoms. The Morgan fingerprint density at radius 1 is 1.18 bits per heavy atom. The van der Waals surface area contributed by atoms with Crippen molar-refractivity contribution >= 4 is 12.0 Å². The molecule has 0 saturated carbocycles. The van der Waals surface area contributed by atoms with Gasteiger partial charge in [0.15, 0.2) is 0 Å². The van der Waals surface area contributed by atoms with E-state index in [0.29, 0.717) is 0 Å². The van der Waals surface area contributed by atoms with Crippen LogP contribution in [0, 0.1) is 6.92 Å². The Balaban J connectivity index is 1.44. The molecule has 2 unspecified atom stereocenters. The Hall–Kier alpha value is -3.38. The van der Waals surface area contributed by atoms with E-state index in [9.17, 15) is 4.79 Å². The number of hydrogen-bond donors (Lipinski definition) is 0. The van der Waals surface area contributed by atoms with E-state index in [1.807, 2.05) is 65.1 Å². The van der Waals surface area contributed by atoms with Crippen molar-refractivity contribution in [2.75, 3.05) is 20.3 Å². The maximum absolute atomic E-state index is 13.7. The minimum Gasteiger partial charge on any atom is -0.495 e. The predicted molar refractivity (Wildman–Crippen MR) is 132 cm³/mol. The molecule has 2 saturated heterocycles. The van der Waals surface area contributed by atoms with E-state index in [-0.39, 0.29) is 18.1 Å². The number of amides is 1.